The van der Waals surface area contributed by atoms with Crippen LogP contribution in [0.1, 0.15) is 60.8 Å². The summed E-state index contributed by atoms with van der Waals surface area (Å²) in [7, 11) is 0. The number of ether oxygens (including phenoxy) is 1. The normalized spacial score (nSPS) is 11.6. The molecule has 0 aliphatic carbocycles. The van der Waals surface area contributed by atoms with E-state index in [4.69, 9.17) is 9.15 Å². The fourth-order valence-corrected chi connectivity index (χ4v) is 3.62. The number of nitrogens with zero attached hydrogens (tertiary/aromatic N) is 4. The second-order valence-corrected chi connectivity index (χ2v) is 9.28. The molecule has 4 aromatic rings. The molecule has 34 heavy (non-hydrogen) atoms. The lowest BCUT2D eigenvalue weighted by Crippen LogP contribution is -2.10. The highest BCUT2D eigenvalue weighted by Gasteiger charge is 2.15. The molecular weight excluding hydrogens is 430 g/mol. The summed E-state index contributed by atoms with van der Waals surface area (Å²) in [6.07, 6.45) is 5.25. The molecule has 0 bridgehead atoms. The van der Waals surface area contributed by atoms with Crippen molar-refractivity contribution in [3.63, 3.8) is 0 Å². The minimum atomic E-state index is -0.338. The van der Waals surface area contributed by atoms with Gasteiger partial charge in [0.2, 0.25) is 0 Å². The molecule has 0 spiro atoms. The molecular formula is C26H31N5O3. The number of rotatable bonds is 8. The first kappa shape index (κ1) is 23.4. The molecule has 0 radical (unpaired) electrons. The Balaban J connectivity index is 1.31. The summed E-state index contributed by atoms with van der Waals surface area (Å²) in [5.74, 6) is 1.21. The number of amides is 1. The van der Waals surface area contributed by atoms with Crippen molar-refractivity contribution in [3.05, 3.63) is 83.3 Å². The van der Waals surface area contributed by atoms with Crippen molar-refractivity contribution in [2.45, 2.75) is 59.7 Å². The van der Waals surface area contributed by atoms with Crippen molar-refractivity contribution in [1.29, 1.82) is 0 Å². The highest BCUT2D eigenvalue weighted by Crippen LogP contribution is 2.25. The van der Waals surface area contributed by atoms with Gasteiger partial charge in [-0.2, -0.15) is 10.2 Å². The van der Waals surface area contributed by atoms with Gasteiger partial charge in [-0.3, -0.25) is 14.2 Å². The highest BCUT2D eigenvalue weighted by molar-refractivity contribution is 6.02. The summed E-state index contributed by atoms with van der Waals surface area (Å²) in [4.78, 5) is 12.6. The SMILES string of the molecule is CCn1ncc(Cn2cc(NC(=O)c3ccc(COc4ccc(C(C)(C)C)cc4)o3)cn2)c1C. The van der Waals surface area contributed by atoms with Crippen LogP contribution in [0.5, 0.6) is 5.75 Å². The minimum Gasteiger partial charge on any atom is -0.486 e. The molecule has 0 fully saturated rings. The maximum absolute atomic E-state index is 12.6. The number of hydrogen-bond donors (Lipinski definition) is 1. The van der Waals surface area contributed by atoms with E-state index in [2.05, 4.69) is 55.3 Å². The molecule has 1 aromatic carbocycles. The van der Waals surface area contributed by atoms with Crippen LogP contribution in [0, 0.1) is 6.92 Å². The molecule has 1 N–H and O–H groups in total. The zero-order chi connectivity index (χ0) is 24.3. The second-order valence-electron chi connectivity index (χ2n) is 9.28. The zero-order valence-corrected chi connectivity index (χ0v) is 20.3. The Labute approximate surface area is 199 Å². The van der Waals surface area contributed by atoms with E-state index in [9.17, 15) is 4.79 Å². The van der Waals surface area contributed by atoms with Gasteiger partial charge in [0, 0.05) is 24.0 Å². The van der Waals surface area contributed by atoms with E-state index in [1.165, 1.54) is 5.56 Å². The van der Waals surface area contributed by atoms with Crippen molar-refractivity contribution in [2.24, 2.45) is 0 Å². The molecule has 0 saturated carbocycles. The third-order valence-electron chi connectivity index (χ3n) is 5.71. The molecule has 8 heteroatoms. The summed E-state index contributed by atoms with van der Waals surface area (Å²) >= 11 is 0. The predicted molar refractivity (Wildman–Crippen MR) is 130 cm³/mol. The minimum absolute atomic E-state index is 0.0928. The molecule has 0 aliphatic rings. The van der Waals surface area contributed by atoms with Crippen molar-refractivity contribution in [2.75, 3.05) is 5.32 Å². The first-order chi connectivity index (χ1) is 16.2. The number of hydrogen-bond acceptors (Lipinski definition) is 5. The number of benzene rings is 1. The molecule has 3 heterocycles. The number of nitrogens with one attached hydrogen (secondary N) is 1. The number of anilines is 1. The van der Waals surface area contributed by atoms with Gasteiger partial charge in [0.1, 0.15) is 18.1 Å². The van der Waals surface area contributed by atoms with Crippen LogP contribution in [0.4, 0.5) is 5.69 Å². The Bertz CT molecular complexity index is 1260. The van der Waals surface area contributed by atoms with E-state index >= 15 is 0 Å². The van der Waals surface area contributed by atoms with Crippen LogP contribution in [0.3, 0.4) is 0 Å². The van der Waals surface area contributed by atoms with Crippen LogP contribution in [-0.4, -0.2) is 25.5 Å². The molecule has 4 rings (SSSR count). The van der Waals surface area contributed by atoms with Crippen molar-refractivity contribution in [3.8, 4) is 5.75 Å². The van der Waals surface area contributed by atoms with Gasteiger partial charge in [0.15, 0.2) is 5.76 Å². The van der Waals surface area contributed by atoms with Gasteiger partial charge in [-0.05, 0) is 49.1 Å². The van der Waals surface area contributed by atoms with Gasteiger partial charge in [-0.1, -0.05) is 32.9 Å². The lowest BCUT2D eigenvalue weighted by Gasteiger charge is -2.19. The molecule has 0 saturated heterocycles. The lowest BCUT2D eigenvalue weighted by molar-refractivity contribution is 0.0992. The number of furan rings is 1. The largest absolute Gasteiger partial charge is 0.486 e. The number of aromatic nitrogens is 4. The van der Waals surface area contributed by atoms with Crippen LogP contribution in [0.2, 0.25) is 0 Å². The molecule has 0 unspecified atom stereocenters. The van der Waals surface area contributed by atoms with Crippen LogP contribution in [-0.2, 0) is 25.1 Å². The molecule has 8 nitrogen and oxygen atoms in total. The Morgan fingerprint density at radius 1 is 1.09 bits per heavy atom. The first-order valence-corrected chi connectivity index (χ1v) is 11.4. The molecule has 178 valence electrons. The average molecular weight is 462 g/mol. The fourth-order valence-electron chi connectivity index (χ4n) is 3.62. The first-order valence-electron chi connectivity index (χ1n) is 11.4. The topological polar surface area (TPSA) is 87.1 Å². The standard InChI is InChI=1S/C26H31N5O3/c1-6-31-18(2)19(13-28-31)15-30-16-21(14-27-30)29-25(32)24-12-11-23(34-24)17-33-22-9-7-20(8-10-22)26(3,4)5/h7-14,16H,6,15,17H2,1-5H3,(H,29,32). The van der Waals surface area contributed by atoms with Gasteiger partial charge < -0.3 is 14.5 Å². The second kappa shape index (κ2) is 9.59. The molecule has 1 amide bonds. The van der Waals surface area contributed by atoms with Gasteiger partial charge in [-0.25, -0.2) is 0 Å². The number of aryl methyl sites for hydroxylation is 1. The maximum Gasteiger partial charge on any atom is 0.291 e. The zero-order valence-electron chi connectivity index (χ0n) is 20.3. The summed E-state index contributed by atoms with van der Waals surface area (Å²) < 4.78 is 15.2. The van der Waals surface area contributed by atoms with Crippen LogP contribution >= 0.6 is 0 Å². The van der Waals surface area contributed by atoms with E-state index in [1.54, 1.807) is 29.2 Å². The monoisotopic (exact) mass is 461 g/mol. The molecule has 0 aliphatic heterocycles. The smallest absolute Gasteiger partial charge is 0.291 e. The number of carbonyl (C=O) groups excluding carboxylic acids is 1. The Kier molecular flexibility index (Phi) is 6.58. The Hall–Kier alpha value is -3.81. The summed E-state index contributed by atoms with van der Waals surface area (Å²) in [6, 6.07) is 11.4. The summed E-state index contributed by atoms with van der Waals surface area (Å²) in [5.41, 5.74) is 4.13. The quantitative estimate of drug-likeness (QED) is 0.391. The lowest BCUT2D eigenvalue weighted by atomic mass is 9.87. The predicted octanol–water partition coefficient (Wildman–Crippen LogP) is 5.18. The maximum atomic E-state index is 12.6. The van der Waals surface area contributed by atoms with Crippen molar-refractivity contribution >= 4 is 11.6 Å². The van der Waals surface area contributed by atoms with Gasteiger partial charge >= 0.3 is 0 Å². The average Bonchev–Trinajstić information content (AvgIpc) is 3.53. The van der Waals surface area contributed by atoms with Gasteiger partial charge in [0.25, 0.3) is 5.91 Å². The van der Waals surface area contributed by atoms with E-state index in [0.717, 1.165) is 23.6 Å². The van der Waals surface area contributed by atoms with E-state index in [0.29, 0.717) is 18.0 Å². The third kappa shape index (κ3) is 5.39. The van der Waals surface area contributed by atoms with E-state index in [-0.39, 0.29) is 23.7 Å². The third-order valence-corrected chi connectivity index (χ3v) is 5.71. The summed E-state index contributed by atoms with van der Waals surface area (Å²) in [5, 5.41) is 11.5. The van der Waals surface area contributed by atoms with Gasteiger partial charge in [-0.15, -0.1) is 0 Å². The van der Waals surface area contributed by atoms with Crippen molar-refractivity contribution < 1.29 is 13.9 Å². The highest BCUT2D eigenvalue weighted by atomic mass is 16.5. The Morgan fingerprint density at radius 3 is 2.53 bits per heavy atom. The van der Waals surface area contributed by atoms with Crippen molar-refractivity contribution in [1.82, 2.24) is 19.6 Å². The summed E-state index contributed by atoms with van der Waals surface area (Å²) in [6.45, 7) is 12.3. The fraction of sp³-hybridized carbons (Fsp3) is 0.346. The van der Waals surface area contributed by atoms with E-state index < -0.39 is 0 Å². The number of carbonyl (C=O) groups is 1. The van der Waals surface area contributed by atoms with Gasteiger partial charge in [0.05, 0.1) is 24.6 Å². The van der Waals surface area contributed by atoms with Crippen LogP contribution in [0.15, 0.2) is 59.4 Å². The van der Waals surface area contributed by atoms with Crippen LogP contribution < -0.4 is 10.1 Å². The Morgan fingerprint density at radius 2 is 1.85 bits per heavy atom. The van der Waals surface area contributed by atoms with Crippen LogP contribution in [0.25, 0.3) is 0 Å². The van der Waals surface area contributed by atoms with E-state index in [1.807, 2.05) is 29.9 Å². The molecule has 0 atom stereocenters. The molecule has 3 aromatic heterocycles.